The van der Waals surface area contributed by atoms with Crippen molar-refractivity contribution in [2.45, 2.75) is 30.8 Å². The lowest BCUT2D eigenvalue weighted by Gasteiger charge is -2.26. The van der Waals surface area contributed by atoms with E-state index in [1.165, 1.54) is 19.2 Å². The average Bonchev–Trinajstić information content (AvgIpc) is 3.24. The van der Waals surface area contributed by atoms with Crippen LogP contribution in [0.3, 0.4) is 0 Å². The molecule has 2 aromatic carbocycles. The van der Waals surface area contributed by atoms with Crippen molar-refractivity contribution in [2.24, 2.45) is 0 Å². The van der Waals surface area contributed by atoms with Crippen LogP contribution in [0, 0.1) is 6.92 Å². The number of aryl methyl sites for hydroxylation is 1. The molecule has 1 aliphatic rings. The summed E-state index contributed by atoms with van der Waals surface area (Å²) in [7, 11) is -2.51. The van der Waals surface area contributed by atoms with Crippen LogP contribution in [-0.2, 0) is 19.6 Å². The molecule has 1 atom stereocenters. The zero-order chi connectivity index (χ0) is 20.9. The number of nitrogens with one attached hydrogen (secondary N) is 1. The van der Waals surface area contributed by atoms with E-state index in [1.54, 1.807) is 36.4 Å². The largest absolute Gasteiger partial charge is 0.495 e. The fraction of sp³-hybridized carbons (Fsp3) is 0.381. The van der Waals surface area contributed by atoms with Gasteiger partial charge < -0.3 is 14.8 Å². The normalized spacial score (nSPS) is 16.4. The van der Waals surface area contributed by atoms with Crippen LogP contribution in [0.4, 0.5) is 5.69 Å². The van der Waals surface area contributed by atoms with Crippen molar-refractivity contribution in [1.82, 2.24) is 5.32 Å². The minimum absolute atomic E-state index is 0.0210. The van der Waals surface area contributed by atoms with E-state index >= 15 is 0 Å². The molecule has 1 saturated heterocycles. The Hall–Kier alpha value is -2.58. The Bertz CT molecular complexity index is 938. The Morgan fingerprint density at radius 3 is 2.59 bits per heavy atom. The maximum Gasteiger partial charge on any atom is 0.264 e. The summed E-state index contributed by atoms with van der Waals surface area (Å²) in [6.45, 7) is 2.58. The fourth-order valence-electron chi connectivity index (χ4n) is 3.19. The molecule has 1 heterocycles. The number of carbonyl (C=O) groups is 1. The molecule has 0 unspecified atom stereocenters. The number of benzene rings is 2. The van der Waals surface area contributed by atoms with Crippen LogP contribution in [0.5, 0.6) is 5.75 Å². The van der Waals surface area contributed by atoms with Crippen LogP contribution in [0.1, 0.15) is 18.4 Å². The molecule has 3 rings (SSSR count). The van der Waals surface area contributed by atoms with E-state index in [0.29, 0.717) is 24.6 Å². The molecular weight excluding hydrogens is 392 g/mol. The summed E-state index contributed by atoms with van der Waals surface area (Å²) in [4.78, 5) is 12.7. The molecule has 0 aromatic heterocycles. The maximum absolute atomic E-state index is 13.4. The molecule has 1 fully saturated rings. The molecule has 29 heavy (non-hydrogen) atoms. The molecule has 0 radical (unpaired) electrons. The van der Waals surface area contributed by atoms with Gasteiger partial charge in [-0.2, -0.15) is 0 Å². The molecular formula is C21H26N2O5S. The Morgan fingerprint density at radius 2 is 1.93 bits per heavy atom. The number of nitrogens with zero attached hydrogens (tertiary/aromatic N) is 1. The summed E-state index contributed by atoms with van der Waals surface area (Å²) < 4.78 is 38.7. The first-order valence-corrected chi connectivity index (χ1v) is 11.0. The second-order valence-electron chi connectivity index (χ2n) is 6.94. The van der Waals surface area contributed by atoms with E-state index in [4.69, 9.17) is 9.47 Å². The fourth-order valence-corrected chi connectivity index (χ4v) is 4.62. The van der Waals surface area contributed by atoms with Crippen molar-refractivity contribution in [3.8, 4) is 5.75 Å². The predicted octanol–water partition coefficient (Wildman–Crippen LogP) is 2.49. The van der Waals surface area contributed by atoms with Gasteiger partial charge in [0.05, 0.1) is 23.8 Å². The van der Waals surface area contributed by atoms with Crippen LogP contribution in [0.25, 0.3) is 0 Å². The number of ether oxygens (including phenoxy) is 2. The quantitative estimate of drug-likeness (QED) is 0.712. The van der Waals surface area contributed by atoms with Crippen molar-refractivity contribution >= 4 is 21.6 Å². The number of anilines is 1. The maximum atomic E-state index is 13.4. The number of sulfonamides is 1. The number of amides is 1. The van der Waals surface area contributed by atoms with Gasteiger partial charge in [0.15, 0.2) is 0 Å². The first-order valence-electron chi connectivity index (χ1n) is 9.52. The SMILES string of the molecule is COc1ccccc1N(CC(=O)NC[C@H]1CCCO1)S(=O)(=O)c1ccc(C)cc1. The molecule has 2 aromatic rings. The third-order valence-corrected chi connectivity index (χ3v) is 6.57. The Labute approximate surface area is 171 Å². The average molecular weight is 419 g/mol. The minimum Gasteiger partial charge on any atom is -0.495 e. The van der Waals surface area contributed by atoms with E-state index in [1.807, 2.05) is 6.92 Å². The lowest BCUT2D eigenvalue weighted by molar-refractivity contribution is -0.120. The molecule has 0 aliphatic carbocycles. The van der Waals surface area contributed by atoms with Crippen LogP contribution in [0.2, 0.25) is 0 Å². The highest BCUT2D eigenvalue weighted by molar-refractivity contribution is 7.92. The molecule has 1 N–H and O–H groups in total. The molecule has 8 heteroatoms. The lowest BCUT2D eigenvalue weighted by atomic mass is 10.2. The number of para-hydroxylation sites is 2. The standard InChI is InChI=1S/C21H26N2O5S/c1-16-9-11-18(12-10-16)29(25,26)23(19-7-3-4-8-20(19)27-2)15-21(24)22-14-17-6-5-13-28-17/h3-4,7-12,17H,5-6,13-15H2,1-2H3,(H,22,24)/t17-/m1/s1. The zero-order valence-electron chi connectivity index (χ0n) is 16.6. The van der Waals surface area contributed by atoms with Gasteiger partial charge in [-0.25, -0.2) is 8.42 Å². The monoisotopic (exact) mass is 418 g/mol. The van der Waals surface area contributed by atoms with Gasteiger partial charge in [-0.3, -0.25) is 9.10 Å². The van der Waals surface area contributed by atoms with E-state index in [-0.39, 0.29) is 17.5 Å². The topological polar surface area (TPSA) is 84.9 Å². The Morgan fingerprint density at radius 1 is 1.21 bits per heavy atom. The van der Waals surface area contributed by atoms with Crippen molar-refractivity contribution in [1.29, 1.82) is 0 Å². The van der Waals surface area contributed by atoms with Crippen LogP contribution in [-0.4, -0.2) is 47.2 Å². The molecule has 1 aliphatic heterocycles. The first kappa shape index (κ1) is 21.1. The minimum atomic E-state index is -3.97. The summed E-state index contributed by atoms with van der Waals surface area (Å²) in [5, 5.41) is 2.78. The van der Waals surface area contributed by atoms with Gasteiger partial charge >= 0.3 is 0 Å². The predicted molar refractivity (Wildman–Crippen MR) is 111 cm³/mol. The van der Waals surface area contributed by atoms with Crippen LogP contribution in [0.15, 0.2) is 53.4 Å². The highest BCUT2D eigenvalue weighted by atomic mass is 32.2. The smallest absolute Gasteiger partial charge is 0.264 e. The molecule has 156 valence electrons. The van der Waals surface area contributed by atoms with Gasteiger partial charge in [-0.05, 0) is 44.0 Å². The van der Waals surface area contributed by atoms with E-state index in [9.17, 15) is 13.2 Å². The molecule has 0 spiro atoms. The summed E-state index contributed by atoms with van der Waals surface area (Å²) >= 11 is 0. The van der Waals surface area contributed by atoms with E-state index < -0.39 is 15.9 Å². The zero-order valence-corrected chi connectivity index (χ0v) is 17.4. The molecule has 0 bridgehead atoms. The van der Waals surface area contributed by atoms with Crippen LogP contribution < -0.4 is 14.4 Å². The number of rotatable bonds is 8. The highest BCUT2D eigenvalue weighted by Crippen LogP contribution is 2.32. The van der Waals surface area contributed by atoms with Gasteiger partial charge in [-0.1, -0.05) is 29.8 Å². The lowest BCUT2D eigenvalue weighted by Crippen LogP contribution is -2.43. The number of hydrogen-bond acceptors (Lipinski definition) is 5. The van der Waals surface area contributed by atoms with Crippen molar-refractivity contribution in [2.75, 3.05) is 31.1 Å². The summed E-state index contributed by atoms with van der Waals surface area (Å²) in [6.07, 6.45) is 1.83. The summed E-state index contributed by atoms with van der Waals surface area (Å²) in [6, 6.07) is 13.3. The molecule has 7 nitrogen and oxygen atoms in total. The number of carbonyl (C=O) groups excluding carboxylic acids is 1. The van der Waals surface area contributed by atoms with Crippen molar-refractivity contribution in [3.05, 3.63) is 54.1 Å². The third kappa shape index (κ3) is 5.07. The van der Waals surface area contributed by atoms with Gasteiger partial charge in [0.1, 0.15) is 12.3 Å². The third-order valence-electron chi connectivity index (χ3n) is 4.80. The second-order valence-corrected chi connectivity index (χ2v) is 8.80. The molecule has 1 amide bonds. The highest BCUT2D eigenvalue weighted by Gasteiger charge is 2.29. The number of methoxy groups -OCH3 is 1. The van der Waals surface area contributed by atoms with Gasteiger partial charge in [0, 0.05) is 13.2 Å². The summed E-state index contributed by atoms with van der Waals surface area (Å²) in [5.41, 5.74) is 1.25. The van der Waals surface area contributed by atoms with Gasteiger partial charge in [0.2, 0.25) is 5.91 Å². The van der Waals surface area contributed by atoms with Gasteiger partial charge in [0.25, 0.3) is 10.0 Å². The Kier molecular flexibility index (Phi) is 6.76. The number of hydrogen-bond donors (Lipinski definition) is 1. The second kappa shape index (κ2) is 9.28. The van der Waals surface area contributed by atoms with Crippen molar-refractivity contribution in [3.63, 3.8) is 0 Å². The Balaban J connectivity index is 1.89. The molecule has 0 saturated carbocycles. The van der Waals surface area contributed by atoms with Gasteiger partial charge in [-0.15, -0.1) is 0 Å². The summed E-state index contributed by atoms with van der Waals surface area (Å²) in [5.74, 6) is -0.0304. The van der Waals surface area contributed by atoms with E-state index in [2.05, 4.69) is 5.32 Å². The van der Waals surface area contributed by atoms with Crippen molar-refractivity contribution < 1.29 is 22.7 Å². The van der Waals surface area contributed by atoms with E-state index in [0.717, 1.165) is 22.7 Å². The first-order chi connectivity index (χ1) is 13.9. The van der Waals surface area contributed by atoms with Crippen LogP contribution >= 0.6 is 0 Å².